The molecule has 2 aliphatic rings. The van der Waals surface area contributed by atoms with Crippen molar-refractivity contribution in [3.8, 4) is 0 Å². The van der Waals surface area contributed by atoms with E-state index in [4.69, 9.17) is 118 Å². The molecule has 134 heavy (non-hydrogen) atoms. The van der Waals surface area contributed by atoms with Gasteiger partial charge in [0, 0.05) is 87.1 Å². The lowest BCUT2D eigenvalue weighted by Crippen LogP contribution is -2.33. The number of rotatable bonds is 94. The zero-order chi connectivity index (χ0) is 96.6. The molecule has 3 amide bonds. The van der Waals surface area contributed by atoms with E-state index in [1.54, 1.807) is 19.2 Å². The van der Waals surface area contributed by atoms with E-state index < -0.39 is 27.2 Å². The van der Waals surface area contributed by atoms with E-state index in [0.717, 1.165) is 74.9 Å². The number of unbranched alkanes of at least 4 members (excludes halogenated alkanes) is 6. The van der Waals surface area contributed by atoms with Crippen LogP contribution in [0.2, 0.25) is 0 Å². The molecule has 36 nitrogen and oxygen atoms in total. The SMILES string of the molecule is COCCOCCOCCOCCOCCOCCOCCOCCOCCOCCOCCOCCOCCOCCOCCOCCOCCOCCOCCOCCOCCOCCOCCOCCNC(=O)CCCCC[N+]1=C(C=CC=CC=C2N(CCCCCC(=O)NCCCCCNC(=O)OC(C)(C)C)c3ccc(C)cc3C2(C)C)C(C)(C)c2cc(S(=O)(=O)O)ccc21. The van der Waals surface area contributed by atoms with Crippen LogP contribution in [0.25, 0.3) is 0 Å². The maximum absolute atomic E-state index is 12.8. The highest BCUT2D eigenvalue weighted by Crippen LogP contribution is 2.48. The van der Waals surface area contributed by atoms with E-state index in [1.165, 1.54) is 28.6 Å². The number of amides is 3. The van der Waals surface area contributed by atoms with Crippen LogP contribution in [0.5, 0.6) is 0 Å². The summed E-state index contributed by atoms with van der Waals surface area (Å²) in [6, 6.07) is 11.4. The minimum atomic E-state index is -4.44. The Morgan fingerprint density at radius 3 is 1.07 bits per heavy atom. The number of hydrogen-bond donors (Lipinski definition) is 4. The largest absolute Gasteiger partial charge is 0.444 e. The number of allylic oxidation sites excluding steroid dienone is 6. The van der Waals surface area contributed by atoms with Crippen LogP contribution in [0.15, 0.2) is 77.4 Å². The fourth-order valence-electron chi connectivity index (χ4n) is 13.6. The van der Waals surface area contributed by atoms with Crippen LogP contribution in [-0.2, 0) is 149 Å². The van der Waals surface area contributed by atoms with Gasteiger partial charge >= 0.3 is 6.09 Å². The summed E-state index contributed by atoms with van der Waals surface area (Å²) in [4.78, 5) is 39.7. The highest BCUT2D eigenvalue weighted by Gasteiger charge is 2.45. The number of ether oxygens (including phenoxy) is 25. The molecular formula is C97H168N5O31S+. The van der Waals surface area contributed by atoms with Gasteiger partial charge in [0.2, 0.25) is 17.5 Å². The van der Waals surface area contributed by atoms with E-state index in [2.05, 4.69) is 96.5 Å². The molecule has 2 aromatic carbocycles. The van der Waals surface area contributed by atoms with Gasteiger partial charge in [0.15, 0.2) is 5.71 Å². The number of hydrogen-bond acceptors (Lipinski definition) is 31. The molecule has 0 aromatic heterocycles. The van der Waals surface area contributed by atoms with E-state index in [-0.39, 0.29) is 22.1 Å². The Labute approximate surface area is 799 Å². The second kappa shape index (κ2) is 80.0. The van der Waals surface area contributed by atoms with Crippen molar-refractivity contribution in [1.82, 2.24) is 16.0 Å². The number of fused-ring (bicyclic) bond motifs is 2. The third kappa shape index (κ3) is 61.7. The van der Waals surface area contributed by atoms with Gasteiger partial charge in [0.25, 0.3) is 10.1 Å². The summed E-state index contributed by atoms with van der Waals surface area (Å²) in [5.41, 5.74) is 6.13. The summed E-state index contributed by atoms with van der Waals surface area (Å²) in [5, 5.41) is 8.78. The van der Waals surface area contributed by atoms with Crippen molar-refractivity contribution >= 4 is 45.1 Å². The van der Waals surface area contributed by atoms with Gasteiger partial charge in [-0.1, -0.05) is 56.2 Å². The number of anilines is 1. The molecule has 0 saturated carbocycles. The van der Waals surface area contributed by atoms with Crippen molar-refractivity contribution in [3.63, 3.8) is 0 Å². The Balaban J connectivity index is 0.851. The highest BCUT2D eigenvalue weighted by atomic mass is 32.2. The maximum Gasteiger partial charge on any atom is 0.407 e. The van der Waals surface area contributed by atoms with Crippen LogP contribution >= 0.6 is 0 Å². The third-order valence-electron chi connectivity index (χ3n) is 20.5. The number of aryl methyl sites for hydroxylation is 1. The van der Waals surface area contributed by atoms with Crippen LogP contribution in [-0.4, -0.2) is 397 Å². The molecule has 2 aromatic rings. The lowest BCUT2D eigenvalue weighted by atomic mass is 9.81. The first-order valence-electron chi connectivity index (χ1n) is 48.1. The Bertz CT molecular complexity index is 3520. The molecule has 0 unspecified atom stereocenters. The Kier molecular flexibility index (Phi) is 72.0. The van der Waals surface area contributed by atoms with Gasteiger partial charge < -0.3 is 139 Å². The van der Waals surface area contributed by atoms with Gasteiger partial charge in [-0.05, 0) is 116 Å². The molecule has 772 valence electrons. The zero-order valence-electron chi connectivity index (χ0n) is 82.4. The van der Waals surface area contributed by atoms with E-state index in [1.807, 2.05) is 32.9 Å². The zero-order valence-corrected chi connectivity index (χ0v) is 83.2. The molecular weight excluding hydrogens is 1760 g/mol. The van der Waals surface area contributed by atoms with Crippen molar-refractivity contribution < 1.29 is 150 Å². The van der Waals surface area contributed by atoms with Gasteiger partial charge in [-0.2, -0.15) is 13.0 Å². The van der Waals surface area contributed by atoms with Crippen molar-refractivity contribution in [3.05, 3.63) is 89.2 Å². The Morgan fingerprint density at radius 2 is 0.716 bits per heavy atom. The van der Waals surface area contributed by atoms with Gasteiger partial charge in [0.1, 0.15) is 12.1 Å². The monoisotopic (exact) mass is 1930 g/mol. The summed E-state index contributed by atoms with van der Waals surface area (Å²) in [5.74, 6) is 0.0160. The number of carbonyl (C=O) groups excluding carboxylic acids is 3. The van der Waals surface area contributed by atoms with Crippen LogP contribution in [0.4, 0.5) is 16.2 Å². The first-order chi connectivity index (χ1) is 65.2. The van der Waals surface area contributed by atoms with Crippen molar-refractivity contribution in [2.45, 2.75) is 147 Å². The predicted octanol–water partition coefficient (Wildman–Crippen LogP) is 9.49. The standard InChI is InChI=1S/C97H167N5O31S/c1-84-26-28-88-86(82-84)96(5,6)90(101(88)33-20-11-16-24-92(103)98-30-18-13-19-31-100-94(105)133-95(2,3)4)22-14-10-15-23-91-97(7,8)87-83-85(134(106,107)108)27-29-89(87)102(91)34-21-12-17-25-93(104)99-32-35-110-38-39-112-42-43-114-46-47-116-50-51-118-54-55-120-58-59-122-62-63-124-66-67-126-70-71-128-74-75-130-78-79-132-81-80-131-77-76-129-73-72-127-69-68-125-65-64-123-61-60-121-57-56-119-53-52-117-49-48-115-45-44-113-41-40-111-37-36-109-9/h10,14-15,22-23,26-29,82-83H,11-13,16-21,24-25,30-81H2,1-9H3,(H3-,98,99,100,103,104,105,106,107,108)/p+1. The molecule has 0 spiro atoms. The molecule has 0 bridgehead atoms. The Morgan fingerprint density at radius 1 is 0.381 bits per heavy atom. The molecule has 2 heterocycles. The second-order valence-corrected chi connectivity index (χ2v) is 34.7. The van der Waals surface area contributed by atoms with Crippen LogP contribution < -0.4 is 20.9 Å². The van der Waals surface area contributed by atoms with Gasteiger partial charge in [-0.25, -0.2) is 4.79 Å². The average Bonchev–Trinajstić information content (AvgIpc) is 1.65. The minimum absolute atomic E-state index is 0.0436. The molecule has 2 aliphatic heterocycles. The summed E-state index contributed by atoms with van der Waals surface area (Å²) in [6.45, 7) is 41.5. The van der Waals surface area contributed by atoms with Gasteiger partial charge in [0.05, 0.1) is 321 Å². The molecule has 0 aliphatic carbocycles. The van der Waals surface area contributed by atoms with E-state index >= 15 is 0 Å². The van der Waals surface area contributed by atoms with Crippen molar-refractivity contribution in [2.75, 3.05) is 355 Å². The summed E-state index contributed by atoms with van der Waals surface area (Å²) < 4.78 is 175. The Hall–Kier alpha value is -5.71. The van der Waals surface area contributed by atoms with Crippen LogP contribution in [0.3, 0.4) is 0 Å². The quantitative estimate of drug-likeness (QED) is 0.0207. The number of methoxy groups -OCH3 is 1. The summed E-state index contributed by atoms with van der Waals surface area (Å²) in [7, 11) is -2.80. The topological polar surface area (TPSA) is 379 Å². The number of nitrogens with zero attached hydrogens (tertiary/aromatic N) is 2. The first-order valence-corrected chi connectivity index (χ1v) is 49.6. The molecule has 4 N–H and O–H groups in total. The molecule has 0 fully saturated rings. The number of nitrogens with one attached hydrogen (secondary N) is 3. The molecule has 0 radical (unpaired) electrons. The predicted molar refractivity (Wildman–Crippen MR) is 509 cm³/mol. The molecule has 37 heteroatoms. The molecule has 0 saturated heterocycles. The van der Waals surface area contributed by atoms with E-state index in [0.29, 0.717) is 356 Å². The second-order valence-electron chi connectivity index (χ2n) is 33.3. The number of benzene rings is 2. The van der Waals surface area contributed by atoms with Crippen LogP contribution in [0.1, 0.15) is 136 Å². The number of carbonyl (C=O) groups is 3. The van der Waals surface area contributed by atoms with Gasteiger partial charge in [-0.15, -0.1) is 0 Å². The van der Waals surface area contributed by atoms with Crippen molar-refractivity contribution in [1.29, 1.82) is 0 Å². The lowest BCUT2D eigenvalue weighted by molar-refractivity contribution is -0.438. The molecule has 0 atom stereocenters. The van der Waals surface area contributed by atoms with E-state index in [9.17, 15) is 27.4 Å². The fourth-order valence-corrected chi connectivity index (χ4v) is 14.1. The normalized spacial score (nSPS) is 14.0. The number of alkyl carbamates (subject to hydrolysis) is 1. The summed E-state index contributed by atoms with van der Waals surface area (Å²) >= 11 is 0. The lowest BCUT2D eigenvalue weighted by Gasteiger charge is -2.27. The maximum atomic E-state index is 12.8. The van der Waals surface area contributed by atoms with Crippen LogP contribution in [0, 0.1) is 6.92 Å². The highest BCUT2D eigenvalue weighted by molar-refractivity contribution is 7.85. The molecule has 4 rings (SSSR count). The first kappa shape index (κ1) is 121. The average molecular weight is 1930 g/mol. The van der Waals surface area contributed by atoms with Crippen molar-refractivity contribution in [2.24, 2.45) is 0 Å². The smallest absolute Gasteiger partial charge is 0.407 e. The fraction of sp³-hybridized carbons (Fsp3) is 0.773. The van der Waals surface area contributed by atoms with Gasteiger partial charge in [-0.3, -0.25) is 14.1 Å². The third-order valence-corrected chi connectivity index (χ3v) is 21.4. The minimum Gasteiger partial charge on any atom is -0.444 e. The summed E-state index contributed by atoms with van der Waals surface area (Å²) in [6.07, 6.45) is 18.3.